The molecular formula is C24H21BrN4O. The van der Waals surface area contributed by atoms with Crippen molar-refractivity contribution in [1.29, 1.82) is 0 Å². The predicted molar refractivity (Wildman–Crippen MR) is 123 cm³/mol. The Morgan fingerprint density at radius 2 is 1.70 bits per heavy atom. The molecule has 2 aromatic heterocycles. The minimum Gasteiger partial charge on any atom is -0.319 e. The first-order chi connectivity index (χ1) is 14.4. The number of hydrogen-bond acceptors (Lipinski definition) is 3. The van der Waals surface area contributed by atoms with Crippen LogP contribution in [0.1, 0.15) is 27.4 Å². The summed E-state index contributed by atoms with van der Waals surface area (Å²) >= 11 is 3.49. The van der Waals surface area contributed by atoms with Crippen LogP contribution in [0.5, 0.6) is 0 Å². The highest BCUT2D eigenvalue weighted by Gasteiger charge is 2.18. The molecule has 0 aliphatic heterocycles. The highest BCUT2D eigenvalue weighted by atomic mass is 79.9. The molecule has 4 aromatic rings. The lowest BCUT2D eigenvalue weighted by molar-refractivity contribution is 0.102. The predicted octanol–water partition coefficient (Wildman–Crippen LogP) is 5.87. The van der Waals surface area contributed by atoms with Crippen LogP contribution in [0.15, 0.2) is 71.2 Å². The molecule has 0 spiro atoms. The molecule has 0 bridgehead atoms. The largest absolute Gasteiger partial charge is 0.319 e. The van der Waals surface area contributed by atoms with E-state index in [2.05, 4.69) is 31.3 Å². The van der Waals surface area contributed by atoms with Crippen molar-refractivity contribution in [2.45, 2.75) is 20.8 Å². The van der Waals surface area contributed by atoms with Gasteiger partial charge in [-0.2, -0.15) is 5.10 Å². The van der Waals surface area contributed by atoms with Gasteiger partial charge in [-0.15, -0.1) is 0 Å². The third kappa shape index (κ3) is 3.91. The summed E-state index contributed by atoms with van der Waals surface area (Å²) in [6.07, 6.45) is 0. The molecule has 0 saturated carbocycles. The number of aromatic nitrogens is 3. The number of carbonyl (C=O) groups is 1. The molecule has 0 aliphatic rings. The number of nitrogens with zero attached hydrogens (tertiary/aromatic N) is 3. The van der Waals surface area contributed by atoms with E-state index in [4.69, 9.17) is 0 Å². The molecule has 0 aliphatic carbocycles. The van der Waals surface area contributed by atoms with Crippen molar-refractivity contribution in [3.63, 3.8) is 0 Å². The maximum Gasteiger partial charge on any atom is 0.257 e. The molecule has 5 nitrogen and oxygen atoms in total. The molecule has 1 amide bonds. The minimum absolute atomic E-state index is 0.195. The Morgan fingerprint density at radius 3 is 2.40 bits per heavy atom. The van der Waals surface area contributed by atoms with E-state index in [0.717, 1.165) is 38.5 Å². The van der Waals surface area contributed by atoms with Crippen molar-refractivity contribution in [3.8, 4) is 16.9 Å². The number of benzene rings is 2. The van der Waals surface area contributed by atoms with Crippen LogP contribution in [-0.4, -0.2) is 20.7 Å². The monoisotopic (exact) mass is 460 g/mol. The Bertz CT molecular complexity index is 1230. The van der Waals surface area contributed by atoms with E-state index >= 15 is 0 Å². The zero-order valence-corrected chi connectivity index (χ0v) is 18.6. The van der Waals surface area contributed by atoms with Gasteiger partial charge in [0, 0.05) is 10.0 Å². The number of pyridine rings is 1. The summed E-state index contributed by atoms with van der Waals surface area (Å²) in [6.45, 7) is 5.69. The van der Waals surface area contributed by atoms with Gasteiger partial charge in [-0.05, 0) is 57.2 Å². The lowest BCUT2D eigenvalue weighted by atomic mass is 10.1. The zero-order chi connectivity index (χ0) is 21.3. The number of hydrogen-bond donors (Lipinski definition) is 1. The summed E-state index contributed by atoms with van der Waals surface area (Å²) in [6, 6.07) is 21.5. The van der Waals surface area contributed by atoms with Crippen LogP contribution >= 0.6 is 15.9 Å². The van der Waals surface area contributed by atoms with Crippen LogP contribution in [-0.2, 0) is 0 Å². The van der Waals surface area contributed by atoms with Gasteiger partial charge in [-0.1, -0.05) is 46.3 Å². The number of amides is 1. The lowest BCUT2D eigenvalue weighted by Crippen LogP contribution is -2.15. The fraction of sp³-hybridized carbons (Fsp3) is 0.125. The number of aryl methyl sites for hydroxylation is 2. The van der Waals surface area contributed by atoms with Crippen LogP contribution in [0.3, 0.4) is 0 Å². The average molecular weight is 461 g/mol. The summed E-state index contributed by atoms with van der Waals surface area (Å²) in [5.74, 6) is -0.195. The van der Waals surface area contributed by atoms with Gasteiger partial charge in [0.25, 0.3) is 5.91 Å². The quantitative estimate of drug-likeness (QED) is 0.413. The molecule has 30 heavy (non-hydrogen) atoms. The lowest BCUT2D eigenvalue weighted by Gasteiger charge is -2.10. The first-order valence-corrected chi connectivity index (χ1v) is 10.4. The van der Waals surface area contributed by atoms with Crippen LogP contribution in [0.25, 0.3) is 16.9 Å². The summed E-state index contributed by atoms with van der Waals surface area (Å²) in [5.41, 5.74) is 6.36. The second kappa shape index (κ2) is 8.24. The van der Waals surface area contributed by atoms with E-state index in [0.29, 0.717) is 11.3 Å². The van der Waals surface area contributed by atoms with Crippen LogP contribution in [0.4, 0.5) is 5.69 Å². The first kappa shape index (κ1) is 20.0. The molecule has 1 N–H and O–H groups in total. The SMILES string of the molecule is Cc1nc(-c2cccc(Br)c2)ccc1C(=O)Nc1c(C)nn(-c2ccccc2)c1C. The maximum atomic E-state index is 13.0. The second-order valence-electron chi connectivity index (χ2n) is 7.09. The van der Waals surface area contributed by atoms with Crippen molar-refractivity contribution < 1.29 is 4.79 Å². The van der Waals surface area contributed by atoms with Crippen molar-refractivity contribution in [2.75, 3.05) is 5.32 Å². The Balaban J connectivity index is 1.61. The van der Waals surface area contributed by atoms with Gasteiger partial charge in [0.15, 0.2) is 0 Å². The maximum absolute atomic E-state index is 13.0. The van der Waals surface area contributed by atoms with E-state index < -0.39 is 0 Å². The van der Waals surface area contributed by atoms with Gasteiger partial charge in [0.2, 0.25) is 0 Å². The molecule has 150 valence electrons. The average Bonchev–Trinajstić information content (AvgIpc) is 3.02. The highest BCUT2D eigenvalue weighted by molar-refractivity contribution is 9.10. The zero-order valence-electron chi connectivity index (χ0n) is 17.0. The summed E-state index contributed by atoms with van der Waals surface area (Å²) in [5, 5.41) is 7.62. The van der Waals surface area contributed by atoms with Crippen LogP contribution in [0, 0.1) is 20.8 Å². The molecule has 0 radical (unpaired) electrons. The van der Waals surface area contributed by atoms with Crippen molar-refractivity contribution in [1.82, 2.24) is 14.8 Å². The standard InChI is InChI=1S/C24H21BrN4O/c1-15-21(12-13-22(26-15)18-8-7-9-19(25)14-18)24(30)27-23-16(2)28-29(17(23)3)20-10-5-4-6-11-20/h4-14H,1-3H3,(H,27,30). The molecule has 0 unspecified atom stereocenters. The van der Waals surface area contributed by atoms with E-state index in [-0.39, 0.29) is 5.91 Å². The topological polar surface area (TPSA) is 59.8 Å². The molecule has 6 heteroatoms. The Hall–Kier alpha value is -3.25. The Labute approximate surface area is 183 Å². The Kier molecular flexibility index (Phi) is 5.50. The van der Waals surface area contributed by atoms with Gasteiger partial charge in [-0.3, -0.25) is 9.78 Å². The van der Waals surface area contributed by atoms with Gasteiger partial charge in [0.05, 0.1) is 39.7 Å². The highest BCUT2D eigenvalue weighted by Crippen LogP contribution is 2.25. The molecule has 0 saturated heterocycles. The third-order valence-corrected chi connectivity index (χ3v) is 5.47. The summed E-state index contributed by atoms with van der Waals surface area (Å²) in [4.78, 5) is 17.6. The smallest absolute Gasteiger partial charge is 0.257 e. The number of nitrogens with one attached hydrogen (secondary N) is 1. The van der Waals surface area contributed by atoms with Crippen molar-refractivity contribution in [2.24, 2.45) is 0 Å². The molecule has 0 fully saturated rings. The van der Waals surface area contributed by atoms with E-state index in [1.54, 1.807) is 0 Å². The van der Waals surface area contributed by atoms with E-state index in [1.165, 1.54) is 0 Å². The summed E-state index contributed by atoms with van der Waals surface area (Å²) < 4.78 is 2.83. The van der Waals surface area contributed by atoms with E-state index in [1.807, 2.05) is 92.2 Å². The number of anilines is 1. The minimum atomic E-state index is -0.195. The number of para-hydroxylation sites is 1. The number of halogens is 1. The van der Waals surface area contributed by atoms with E-state index in [9.17, 15) is 4.79 Å². The molecule has 2 aromatic carbocycles. The first-order valence-electron chi connectivity index (χ1n) is 9.60. The van der Waals surface area contributed by atoms with Crippen LogP contribution in [0.2, 0.25) is 0 Å². The second-order valence-corrected chi connectivity index (χ2v) is 8.00. The molecule has 0 atom stereocenters. The summed E-state index contributed by atoms with van der Waals surface area (Å²) in [7, 11) is 0. The fourth-order valence-corrected chi connectivity index (χ4v) is 3.83. The van der Waals surface area contributed by atoms with Gasteiger partial charge in [0.1, 0.15) is 0 Å². The van der Waals surface area contributed by atoms with Crippen molar-refractivity contribution in [3.05, 3.63) is 93.8 Å². The number of carbonyl (C=O) groups excluding carboxylic acids is 1. The van der Waals surface area contributed by atoms with Crippen LogP contribution < -0.4 is 5.32 Å². The normalized spacial score (nSPS) is 10.8. The fourth-order valence-electron chi connectivity index (χ4n) is 3.43. The van der Waals surface area contributed by atoms with Gasteiger partial charge in [-0.25, -0.2) is 4.68 Å². The number of rotatable bonds is 4. The van der Waals surface area contributed by atoms with Gasteiger partial charge >= 0.3 is 0 Å². The van der Waals surface area contributed by atoms with Crippen molar-refractivity contribution >= 4 is 27.5 Å². The molecule has 2 heterocycles. The Morgan fingerprint density at radius 1 is 0.933 bits per heavy atom. The molecule has 4 rings (SSSR count). The molecular weight excluding hydrogens is 440 g/mol. The third-order valence-electron chi connectivity index (χ3n) is 4.98. The van der Waals surface area contributed by atoms with Gasteiger partial charge < -0.3 is 5.32 Å².